The number of rotatable bonds is 1. The van der Waals surface area contributed by atoms with Gasteiger partial charge < -0.3 is 4.57 Å². The number of hydrogen-bond acceptors (Lipinski definition) is 1. The van der Waals surface area contributed by atoms with E-state index in [2.05, 4.69) is 120 Å². The first-order valence-corrected chi connectivity index (χ1v) is 13.7. The van der Waals surface area contributed by atoms with E-state index in [9.17, 15) is 5.26 Å². The second kappa shape index (κ2) is 7.59. The summed E-state index contributed by atoms with van der Waals surface area (Å²) in [5, 5.41) is 11.9. The molecule has 0 bridgehead atoms. The zero-order chi connectivity index (χ0) is 26.4. The van der Waals surface area contributed by atoms with Gasteiger partial charge in [-0.25, -0.2) is 0 Å². The van der Waals surface area contributed by atoms with Crippen LogP contribution in [-0.4, -0.2) is 4.57 Å². The Kier molecular flexibility index (Phi) is 4.09. The minimum atomic E-state index is -0.421. The van der Waals surface area contributed by atoms with Crippen molar-refractivity contribution in [1.29, 1.82) is 5.26 Å². The van der Waals surface area contributed by atoms with E-state index in [-0.39, 0.29) is 0 Å². The molecule has 6 aromatic carbocycles. The molecule has 184 valence electrons. The smallest absolute Gasteiger partial charge is 0.0991 e. The molecule has 2 aliphatic rings. The normalized spacial score (nSPS) is 16.1. The van der Waals surface area contributed by atoms with Crippen LogP contribution in [0.5, 0.6) is 0 Å². The Morgan fingerprint density at radius 2 is 1.20 bits per heavy atom. The van der Waals surface area contributed by atoms with Crippen LogP contribution in [0.3, 0.4) is 0 Å². The summed E-state index contributed by atoms with van der Waals surface area (Å²) in [4.78, 5) is 0. The predicted octanol–water partition coefficient (Wildman–Crippen LogP) is 9.00. The largest absolute Gasteiger partial charge is 0.309 e. The van der Waals surface area contributed by atoms with Crippen molar-refractivity contribution < 1.29 is 0 Å². The van der Waals surface area contributed by atoms with E-state index in [0.29, 0.717) is 5.56 Å². The zero-order valence-electron chi connectivity index (χ0n) is 21.6. The van der Waals surface area contributed by atoms with E-state index in [1.165, 1.54) is 60.9 Å². The molecule has 1 unspecified atom stereocenters. The third-order valence-electron chi connectivity index (χ3n) is 9.04. The number of hydrogen-bond donors (Lipinski definition) is 0. The topological polar surface area (TPSA) is 28.7 Å². The molecule has 40 heavy (non-hydrogen) atoms. The molecule has 1 spiro atoms. The summed E-state index contributed by atoms with van der Waals surface area (Å²) in [6, 6.07) is 50.6. The lowest BCUT2D eigenvalue weighted by Gasteiger charge is -2.39. The van der Waals surface area contributed by atoms with Gasteiger partial charge in [0.1, 0.15) is 0 Å². The van der Waals surface area contributed by atoms with Crippen molar-refractivity contribution in [3.63, 3.8) is 0 Å². The summed E-state index contributed by atoms with van der Waals surface area (Å²) < 4.78 is 2.48. The molecule has 0 saturated heterocycles. The first-order valence-electron chi connectivity index (χ1n) is 13.7. The molecule has 0 amide bonds. The second-order valence-electron chi connectivity index (χ2n) is 10.8. The van der Waals surface area contributed by atoms with Crippen molar-refractivity contribution in [2.45, 2.75) is 5.41 Å². The van der Waals surface area contributed by atoms with Crippen LogP contribution in [0.2, 0.25) is 0 Å². The molecular weight excluding hydrogens is 484 g/mol. The van der Waals surface area contributed by atoms with Gasteiger partial charge in [-0.3, -0.25) is 0 Å². The number of fused-ring (bicyclic) bond motifs is 12. The molecule has 2 heterocycles. The van der Waals surface area contributed by atoms with Crippen molar-refractivity contribution in [2.24, 2.45) is 0 Å². The minimum Gasteiger partial charge on any atom is -0.309 e. The van der Waals surface area contributed by atoms with E-state index < -0.39 is 5.41 Å². The Hall–Kier alpha value is -5.39. The summed E-state index contributed by atoms with van der Waals surface area (Å²) in [5.74, 6) is 0. The lowest BCUT2D eigenvalue weighted by atomic mass is 9.65. The number of nitrogens with zero attached hydrogens (tertiary/aromatic N) is 2. The quantitative estimate of drug-likeness (QED) is 0.218. The molecule has 0 radical (unpaired) electrons. The van der Waals surface area contributed by atoms with Gasteiger partial charge in [-0.2, -0.15) is 5.26 Å². The van der Waals surface area contributed by atoms with Gasteiger partial charge in [-0.1, -0.05) is 103 Å². The Balaban J connectivity index is 1.44. The lowest BCUT2D eigenvalue weighted by molar-refractivity contribution is 0.748. The molecule has 1 aromatic heterocycles. The molecular formula is C38H22N2. The van der Waals surface area contributed by atoms with E-state index >= 15 is 0 Å². The third-order valence-corrected chi connectivity index (χ3v) is 9.04. The predicted molar refractivity (Wildman–Crippen MR) is 162 cm³/mol. The van der Waals surface area contributed by atoms with Gasteiger partial charge in [0.2, 0.25) is 0 Å². The molecule has 1 atom stereocenters. The van der Waals surface area contributed by atoms with Crippen LogP contribution in [0.1, 0.15) is 27.8 Å². The van der Waals surface area contributed by atoms with Crippen LogP contribution in [0.15, 0.2) is 133 Å². The number of nitriles is 1. The van der Waals surface area contributed by atoms with E-state index in [1.54, 1.807) is 0 Å². The van der Waals surface area contributed by atoms with Crippen molar-refractivity contribution >= 4 is 21.8 Å². The van der Waals surface area contributed by atoms with Crippen LogP contribution < -0.4 is 0 Å². The molecule has 0 fully saturated rings. The first kappa shape index (κ1) is 21.5. The Bertz CT molecular complexity index is 2230. The van der Waals surface area contributed by atoms with Gasteiger partial charge >= 0.3 is 0 Å². The van der Waals surface area contributed by atoms with Gasteiger partial charge in [-0.05, 0) is 74.8 Å². The van der Waals surface area contributed by atoms with Gasteiger partial charge in [-0.15, -0.1) is 0 Å². The van der Waals surface area contributed by atoms with Crippen molar-refractivity contribution in [3.05, 3.63) is 161 Å². The number of aromatic nitrogens is 1. The summed E-state index contributed by atoms with van der Waals surface area (Å²) >= 11 is 0. The first-order chi connectivity index (χ1) is 19.8. The lowest BCUT2D eigenvalue weighted by Crippen LogP contribution is -2.33. The molecule has 0 N–H and O–H groups in total. The molecule has 7 aromatic rings. The summed E-state index contributed by atoms with van der Waals surface area (Å²) in [6.07, 6.45) is 0. The highest BCUT2D eigenvalue weighted by Crippen LogP contribution is 2.61. The monoisotopic (exact) mass is 506 g/mol. The average molecular weight is 507 g/mol. The molecule has 1 aliphatic carbocycles. The minimum absolute atomic E-state index is 0.421. The molecule has 9 rings (SSSR count). The maximum atomic E-state index is 9.28. The van der Waals surface area contributed by atoms with Gasteiger partial charge in [0.15, 0.2) is 0 Å². The number of para-hydroxylation sites is 3. The van der Waals surface area contributed by atoms with Crippen molar-refractivity contribution in [3.8, 4) is 34.0 Å². The van der Waals surface area contributed by atoms with E-state index in [1.807, 2.05) is 24.3 Å². The van der Waals surface area contributed by atoms with Gasteiger partial charge in [0.25, 0.3) is 0 Å². The van der Waals surface area contributed by atoms with Crippen molar-refractivity contribution in [1.82, 2.24) is 4.57 Å². The fraction of sp³-hybridized carbons (Fsp3) is 0.0263. The number of benzene rings is 6. The van der Waals surface area contributed by atoms with E-state index in [4.69, 9.17) is 0 Å². The molecule has 0 saturated carbocycles. The zero-order valence-corrected chi connectivity index (χ0v) is 21.6. The maximum Gasteiger partial charge on any atom is 0.0991 e. The van der Waals surface area contributed by atoms with Crippen LogP contribution in [0.4, 0.5) is 0 Å². The highest BCUT2D eigenvalue weighted by molar-refractivity contribution is 6.12. The summed E-state index contributed by atoms with van der Waals surface area (Å²) in [5.41, 5.74) is 14.2. The molecule has 2 heteroatoms. The maximum absolute atomic E-state index is 9.28. The Labute approximate surface area is 232 Å². The second-order valence-corrected chi connectivity index (χ2v) is 10.8. The summed E-state index contributed by atoms with van der Waals surface area (Å²) in [6.45, 7) is 0. The fourth-order valence-corrected chi connectivity index (χ4v) is 7.48. The standard InChI is InChI=1S/C38H22N2/c39-23-24-16-18-25(19-17-24)26-20-21-32-30(22-26)27-8-1-3-11-31(27)38(32)33-12-4-6-15-36(33)40-35-14-5-2-9-28(35)29-10-7-13-34(38)37(29)40/h1-22H. The van der Waals surface area contributed by atoms with Crippen LogP contribution in [0, 0.1) is 11.3 Å². The van der Waals surface area contributed by atoms with Crippen LogP contribution >= 0.6 is 0 Å². The van der Waals surface area contributed by atoms with Crippen molar-refractivity contribution in [2.75, 3.05) is 0 Å². The third kappa shape index (κ3) is 2.48. The SMILES string of the molecule is N#Cc1ccc(-c2ccc3c(c2)-c2ccccc2C32c3ccccc3-n3c4ccccc4c4cccc2c43)cc1. The van der Waals surface area contributed by atoms with Gasteiger partial charge in [0, 0.05) is 10.8 Å². The van der Waals surface area contributed by atoms with E-state index in [0.717, 1.165) is 11.1 Å². The Morgan fingerprint density at radius 1 is 0.525 bits per heavy atom. The van der Waals surface area contributed by atoms with Crippen LogP contribution in [0.25, 0.3) is 49.7 Å². The molecule has 1 aliphatic heterocycles. The van der Waals surface area contributed by atoms with Crippen LogP contribution in [-0.2, 0) is 5.41 Å². The highest BCUT2D eigenvalue weighted by Gasteiger charge is 2.50. The Morgan fingerprint density at radius 3 is 2.08 bits per heavy atom. The highest BCUT2D eigenvalue weighted by atomic mass is 15.0. The average Bonchev–Trinajstić information content (AvgIpc) is 3.52. The fourth-order valence-electron chi connectivity index (χ4n) is 7.48. The summed E-state index contributed by atoms with van der Waals surface area (Å²) in [7, 11) is 0. The molecule has 2 nitrogen and oxygen atoms in total. The van der Waals surface area contributed by atoms with Gasteiger partial charge in [0.05, 0.1) is 33.8 Å².